The highest BCUT2D eigenvalue weighted by Crippen LogP contribution is 2.23. The van der Waals surface area contributed by atoms with Gasteiger partial charge >= 0.3 is 5.97 Å². The van der Waals surface area contributed by atoms with Crippen LogP contribution in [0.15, 0.2) is 39.4 Å². The molecule has 0 bridgehead atoms. The van der Waals surface area contributed by atoms with Gasteiger partial charge in [0.15, 0.2) is 5.17 Å². The number of aliphatic hydroxyl groups is 1. The third-order valence-electron chi connectivity index (χ3n) is 2.72. The lowest BCUT2D eigenvalue weighted by molar-refractivity contribution is -0.135. The van der Waals surface area contributed by atoms with Crippen molar-refractivity contribution in [2.75, 3.05) is 7.11 Å². The monoisotopic (exact) mass is 335 g/mol. The van der Waals surface area contributed by atoms with Crippen LogP contribution in [-0.2, 0) is 20.9 Å². The Bertz CT molecular complexity index is 727. The standard InChI is InChI=1S/C14H13N3O5S/c1-22-12(20)5-11-13(21)16-14(23-11)17-15-6-9-4-8(7-18)2-3-10(9)19/h2-6,18-19H,7H2,1H3,(H,16,17,21)/b11-5+,15-6?. The molecular formula is C14H13N3O5S. The van der Waals surface area contributed by atoms with Crippen LogP contribution in [0.1, 0.15) is 11.1 Å². The normalized spacial score (nSPS) is 17.9. The zero-order valence-corrected chi connectivity index (χ0v) is 12.8. The molecule has 0 radical (unpaired) electrons. The van der Waals surface area contributed by atoms with Gasteiger partial charge in [0.25, 0.3) is 5.91 Å². The summed E-state index contributed by atoms with van der Waals surface area (Å²) in [4.78, 5) is 22.9. The molecule has 1 amide bonds. The Morgan fingerprint density at radius 3 is 2.96 bits per heavy atom. The number of aliphatic hydroxyl groups excluding tert-OH is 1. The van der Waals surface area contributed by atoms with E-state index in [1.807, 2.05) is 0 Å². The quantitative estimate of drug-likeness (QED) is 0.319. The fourth-order valence-corrected chi connectivity index (χ4v) is 2.33. The number of ether oxygens (including phenoxy) is 1. The first-order valence-electron chi connectivity index (χ1n) is 6.36. The van der Waals surface area contributed by atoms with Crippen molar-refractivity contribution in [1.29, 1.82) is 0 Å². The molecular weight excluding hydrogens is 322 g/mol. The molecule has 3 N–H and O–H groups in total. The molecule has 1 heterocycles. The smallest absolute Gasteiger partial charge is 0.331 e. The van der Waals surface area contributed by atoms with Gasteiger partial charge in [-0.25, -0.2) is 4.79 Å². The molecule has 1 aromatic carbocycles. The van der Waals surface area contributed by atoms with Crippen LogP contribution in [0.5, 0.6) is 5.75 Å². The minimum Gasteiger partial charge on any atom is -0.507 e. The van der Waals surface area contributed by atoms with Gasteiger partial charge in [-0.05, 0) is 29.5 Å². The lowest BCUT2D eigenvalue weighted by Gasteiger charge is -2.00. The van der Waals surface area contributed by atoms with Crippen LogP contribution >= 0.6 is 11.8 Å². The first-order valence-corrected chi connectivity index (χ1v) is 7.17. The highest BCUT2D eigenvalue weighted by atomic mass is 32.2. The predicted molar refractivity (Wildman–Crippen MR) is 84.9 cm³/mol. The van der Waals surface area contributed by atoms with E-state index in [4.69, 9.17) is 5.11 Å². The number of benzene rings is 1. The summed E-state index contributed by atoms with van der Waals surface area (Å²) >= 11 is 0.943. The van der Waals surface area contributed by atoms with Crippen LogP contribution in [0.2, 0.25) is 0 Å². The lowest BCUT2D eigenvalue weighted by Crippen LogP contribution is -2.19. The van der Waals surface area contributed by atoms with Gasteiger partial charge in [-0.3, -0.25) is 10.1 Å². The van der Waals surface area contributed by atoms with Crippen LogP contribution < -0.4 is 5.32 Å². The number of esters is 1. The van der Waals surface area contributed by atoms with Crippen molar-refractivity contribution in [2.45, 2.75) is 6.61 Å². The summed E-state index contributed by atoms with van der Waals surface area (Å²) in [6, 6.07) is 4.57. The molecule has 1 fully saturated rings. The molecule has 0 unspecified atom stereocenters. The summed E-state index contributed by atoms with van der Waals surface area (Å²) in [5.41, 5.74) is 0.990. The summed E-state index contributed by atoms with van der Waals surface area (Å²) in [6.45, 7) is -0.163. The van der Waals surface area contributed by atoms with E-state index in [0.717, 1.165) is 17.8 Å². The van der Waals surface area contributed by atoms with E-state index >= 15 is 0 Å². The van der Waals surface area contributed by atoms with Crippen molar-refractivity contribution >= 4 is 35.0 Å². The average molecular weight is 335 g/mol. The minimum absolute atomic E-state index is 0.0134. The number of aromatic hydroxyl groups is 1. The molecule has 1 aliphatic heterocycles. The van der Waals surface area contributed by atoms with E-state index in [-0.39, 0.29) is 22.4 Å². The number of amides is 1. The molecule has 1 saturated heterocycles. The number of amidine groups is 1. The van der Waals surface area contributed by atoms with Gasteiger partial charge in [-0.1, -0.05) is 6.07 Å². The van der Waals surface area contributed by atoms with Gasteiger partial charge in [0, 0.05) is 11.6 Å². The average Bonchev–Trinajstić information content (AvgIpc) is 2.88. The van der Waals surface area contributed by atoms with Gasteiger partial charge in [0.1, 0.15) is 5.75 Å². The maximum absolute atomic E-state index is 11.6. The van der Waals surface area contributed by atoms with Crippen molar-refractivity contribution in [3.8, 4) is 5.75 Å². The van der Waals surface area contributed by atoms with Crippen molar-refractivity contribution in [3.63, 3.8) is 0 Å². The maximum atomic E-state index is 11.6. The fraction of sp³-hybridized carbons (Fsp3) is 0.143. The number of carbonyl (C=O) groups is 2. The number of hydrogen-bond acceptors (Lipinski definition) is 8. The second kappa shape index (κ2) is 7.56. The molecule has 9 heteroatoms. The number of phenols is 1. The topological polar surface area (TPSA) is 121 Å². The van der Waals surface area contributed by atoms with E-state index in [0.29, 0.717) is 11.1 Å². The Morgan fingerprint density at radius 2 is 2.26 bits per heavy atom. The molecule has 120 valence electrons. The number of hydrogen-bond donors (Lipinski definition) is 3. The van der Waals surface area contributed by atoms with Crippen molar-refractivity contribution in [3.05, 3.63) is 40.3 Å². The van der Waals surface area contributed by atoms with E-state index in [9.17, 15) is 14.7 Å². The molecule has 0 atom stereocenters. The third-order valence-corrected chi connectivity index (χ3v) is 3.62. The zero-order chi connectivity index (χ0) is 16.8. The van der Waals surface area contributed by atoms with Crippen LogP contribution in [0.3, 0.4) is 0 Å². The van der Waals surface area contributed by atoms with E-state index in [2.05, 4.69) is 20.3 Å². The number of phenolic OH excluding ortho intramolecular Hbond substituents is 1. The molecule has 1 aromatic rings. The highest BCUT2D eigenvalue weighted by molar-refractivity contribution is 8.18. The van der Waals surface area contributed by atoms with Crippen molar-refractivity contribution in [1.82, 2.24) is 5.32 Å². The molecule has 8 nitrogen and oxygen atoms in total. The first kappa shape index (κ1) is 16.7. The Kier molecular flexibility index (Phi) is 5.50. The maximum Gasteiger partial charge on any atom is 0.331 e. The molecule has 2 rings (SSSR count). The van der Waals surface area contributed by atoms with Crippen molar-refractivity contribution < 1.29 is 24.5 Å². The van der Waals surface area contributed by atoms with Gasteiger partial charge in [-0.15, -0.1) is 5.10 Å². The van der Waals surface area contributed by atoms with E-state index in [1.54, 1.807) is 12.1 Å². The number of methoxy groups -OCH3 is 1. The van der Waals surface area contributed by atoms with Gasteiger partial charge in [0.2, 0.25) is 0 Å². The number of thioether (sulfide) groups is 1. The lowest BCUT2D eigenvalue weighted by atomic mass is 10.1. The fourth-order valence-electron chi connectivity index (χ4n) is 1.59. The third kappa shape index (κ3) is 4.41. The van der Waals surface area contributed by atoms with E-state index < -0.39 is 11.9 Å². The second-order valence-electron chi connectivity index (χ2n) is 4.29. The summed E-state index contributed by atoms with van der Waals surface area (Å²) < 4.78 is 4.44. The van der Waals surface area contributed by atoms with Crippen LogP contribution in [0, 0.1) is 0 Å². The zero-order valence-electron chi connectivity index (χ0n) is 12.0. The van der Waals surface area contributed by atoms with Gasteiger partial charge < -0.3 is 14.9 Å². The summed E-state index contributed by atoms with van der Waals surface area (Å²) in [5.74, 6) is -1.13. The number of nitrogens with zero attached hydrogens (tertiary/aromatic N) is 2. The van der Waals surface area contributed by atoms with Crippen molar-refractivity contribution in [2.24, 2.45) is 10.2 Å². The Balaban J connectivity index is 2.11. The van der Waals surface area contributed by atoms with Gasteiger partial charge in [-0.2, -0.15) is 5.10 Å². The predicted octanol–water partition coefficient (Wildman–Crippen LogP) is 0.494. The second-order valence-corrected chi connectivity index (χ2v) is 5.32. The Hall–Kier alpha value is -2.65. The molecule has 0 saturated carbocycles. The highest BCUT2D eigenvalue weighted by Gasteiger charge is 2.24. The molecule has 0 aromatic heterocycles. The number of nitrogens with one attached hydrogen (secondary N) is 1. The molecule has 1 aliphatic rings. The Morgan fingerprint density at radius 1 is 1.48 bits per heavy atom. The molecule has 23 heavy (non-hydrogen) atoms. The molecule has 0 spiro atoms. The number of rotatable bonds is 4. The summed E-state index contributed by atoms with van der Waals surface area (Å²) in [5, 5.41) is 28.9. The van der Waals surface area contributed by atoms with Gasteiger partial charge in [0.05, 0.1) is 24.8 Å². The SMILES string of the molecule is COC(=O)/C=C1/S/C(=N\N=Cc2cc(CO)ccc2O)NC1=O. The number of carbonyl (C=O) groups excluding carboxylic acids is 2. The summed E-state index contributed by atoms with van der Waals surface area (Å²) in [6.07, 6.45) is 2.35. The first-order chi connectivity index (χ1) is 11.0. The summed E-state index contributed by atoms with van der Waals surface area (Å²) in [7, 11) is 1.21. The molecule has 0 aliphatic carbocycles. The van der Waals surface area contributed by atoms with E-state index in [1.165, 1.54) is 19.4 Å². The minimum atomic E-state index is -0.641. The van der Waals surface area contributed by atoms with Crippen LogP contribution in [-0.4, -0.2) is 40.6 Å². The Labute approximate surface area is 135 Å². The largest absolute Gasteiger partial charge is 0.507 e. The van der Waals surface area contributed by atoms with Crippen LogP contribution in [0.4, 0.5) is 0 Å². The van der Waals surface area contributed by atoms with Crippen LogP contribution in [0.25, 0.3) is 0 Å².